The predicted molar refractivity (Wildman–Crippen MR) is 113 cm³/mol. The third kappa shape index (κ3) is 4.38. The van der Waals surface area contributed by atoms with Gasteiger partial charge in [0.25, 0.3) is 11.5 Å². The molecule has 12 nitrogen and oxygen atoms in total. The Balaban J connectivity index is 2.07. The Morgan fingerprint density at radius 3 is 2.71 bits per heavy atom. The summed E-state index contributed by atoms with van der Waals surface area (Å²) in [6.45, 7) is 4.23. The van der Waals surface area contributed by atoms with Crippen LogP contribution in [-0.4, -0.2) is 55.9 Å². The Hall–Kier alpha value is -3.80. The highest BCUT2D eigenvalue weighted by atomic mass is 16.5. The molecule has 0 aliphatic rings. The lowest BCUT2D eigenvalue weighted by Crippen LogP contribution is -2.42. The summed E-state index contributed by atoms with van der Waals surface area (Å²) in [5.74, 6) is -0.524. The number of hydrogen-bond donors (Lipinski definition) is 2. The molecule has 2 aromatic heterocycles. The number of carbonyl (C=O) groups excluding carboxylic acids is 1. The fourth-order valence-electron chi connectivity index (χ4n) is 3.25. The lowest BCUT2D eigenvalue weighted by Gasteiger charge is -2.24. The first kappa shape index (κ1) is 21.9. The minimum atomic E-state index is -0.735. The summed E-state index contributed by atoms with van der Waals surface area (Å²) in [5.41, 5.74) is 6.51. The second kappa shape index (κ2) is 9.34. The van der Waals surface area contributed by atoms with Crippen molar-refractivity contribution in [3.8, 4) is 5.69 Å². The maximum Gasteiger partial charge on any atom is 0.330 e. The first-order chi connectivity index (χ1) is 14.9. The zero-order valence-corrected chi connectivity index (χ0v) is 17.5. The summed E-state index contributed by atoms with van der Waals surface area (Å²) in [6, 6.07) is 4.99. The van der Waals surface area contributed by atoms with E-state index >= 15 is 0 Å². The molecule has 0 spiro atoms. The number of amides is 1. The average molecular weight is 428 g/mol. The highest BCUT2D eigenvalue weighted by Crippen LogP contribution is 2.21. The van der Waals surface area contributed by atoms with Crippen molar-refractivity contribution < 1.29 is 9.53 Å². The molecule has 1 aromatic carbocycles. The third-order valence-electron chi connectivity index (χ3n) is 4.73. The number of hydrogen-bond acceptors (Lipinski definition) is 8. The van der Waals surface area contributed by atoms with Gasteiger partial charge < -0.3 is 10.5 Å². The molecule has 3 aromatic rings. The van der Waals surface area contributed by atoms with E-state index in [1.54, 1.807) is 18.2 Å². The molecule has 0 saturated heterocycles. The summed E-state index contributed by atoms with van der Waals surface area (Å²) in [4.78, 5) is 41.6. The van der Waals surface area contributed by atoms with Crippen molar-refractivity contribution in [2.45, 2.75) is 26.8 Å². The highest BCUT2D eigenvalue weighted by molar-refractivity contribution is 6.07. The third-order valence-corrected chi connectivity index (χ3v) is 4.73. The molecule has 0 unspecified atom stereocenters. The van der Waals surface area contributed by atoms with Crippen LogP contribution < -0.4 is 21.9 Å². The minimum Gasteiger partial charge on any atom is -0.383 e. The fraction of sp³-hybridized carbons (Fsp3) is 0.368. The molecule has 2 heterocycles. The molecule has 1 amide bonds. The number of H-pyrrole nitrogens is 1. The molecule has 0 saturated carbocycles. The van der Waals surface area contributed by atoms with Gasteiger partial charge in [-0.3, -0.25) is 24.0 Å². The summed E-state index contributed by atoms with van der Waals surface area (Å²) < 4.78 is 7.84. The van der Waals surface area contributed by atoms with Crippen molar-refractivity contribution in [3.05, 3.63) is 56.5 Å². The summed E-state index contributed by atoms with van der Waals surface area (Å²) in [7, 11) is 1.49. The van der Waals surface area contributed by atoms with Gasteiger partial charge in [0.05, 0.1) is 12.3 Å². The molecule has 0 fully saturated rings. The SMILES string of the molecule is CCCn1c(N)c(N(CCOC)C(=O)c2ccc(-n3cnnn3)c(C)c2)c(=O)[nH]c1=O. The van der Waals surface area contributed by atoms with Crippen LogP contribution in [-0.2, 0) is 11.3 Å². The van der Waals surface area contributed by atoms with E-state index in [1.807, 2.05) is 13.8 Å². The van der Waals surface area contributed by atoms with Crippen molar-refractivity contribution in [3.63, 3.8) is 0 Å². The number of aromatic nitrogens is 6. The second-order valence-electron chi connectivity index (χ2n) is 6.85. The van der Waals surface area contributed by atoms with Gasteiger partial charge in [0.2, 0.25) is 0 Å². The Bertz CT molecular complexity index is 1180. The van der Waals surface area contributed by atoms with Crippen molar-refractivity contribution in [2.24, 2.45) is 0 Å². The number of rotatable bonds is 8. The maximum absolute atomic E-state index is 13.4. The Kier molecular flexibility index (Phi) is 6.60. The van der Waals surface area contributed by atoms with Gasteiger partial charge in [-0.05, 0) is 47.5 Å². The number of carbonyl (C=O) groups is 1. The Morgan fingerprint density at radius 1 is 1.32 bits per heavy atom. The molecular formula is C19H24N8O4. The molecule has 3 N–H and O–H groups in total. The Morgan fingerprint density at radius 2 is 2.10 bits per heavy atom. The average Bonchev–Trinajstić information content (AvgIpc) is 3.27. The van der Waals surface area contributed by atoms with Gasteiger partial charge in [0.1, 0.15) is 12.1 Å². The number of nitrogen functional groups attached to an aromatic ring is 1. The van der Waals surface area contributed by atoms with Gasteiger partial charge in [-0.15, -0.1) is 5.10 Å². The van der Waals surface area contributed by atoms with E-state index < -0.39 is 17.2 Å². The van der Waals surface area contributed by atoms with Crippen LogP contribution in [0.4, 0.5) is 11.5 Å². The molecule has 31 heavy (non-hydrogen) atoms. The number of nitrogens with zero attached hydrogens (tertiary/aromatic N) is 6. The number of benzene rings is 1. The smallest absolute Gasteiger partial charge is 0.330 e. The number of nitrogens with two attached hydrogens (primary N) is 1. The maximum atomic E-state index is 13.4. The standard InChI is InChI=1S/C19H24N8O4/c1-4-7-26-16(20)15(17(28)22-19(26)30)25(8-9-31-3)18(29)13-5-6-14(12(2)10-13)27-11-21-23-24-27/h5-6,10-11H,4,7-9,20H2,1-3H3,(H,22,28,30). The zero-order valence-electron chi connectivity index (χ0n) is 17.5. The summed E-state index contributed by atoms with van der Waals surface area (Å²) in [6.07, 6.45) is 2.07. The van der Waals surface area contributed by atoms with Crippen LogP contribution in [0.5, 0.6) is 0 Å². The van der Waals surface area contributed by atoms with Gasteiger partial charge in [0.15, 0.2) is 5.69 Å². The van der Waals surface area contributed by atoms with Crippen LogP contribution in [0.15, 0.2) is 34.1 Å². The van der Waals surface area contributed by atoms with Crippen LogP contribution >= 0.6 is 0 Å². The molecule has 0 bridgehead atoms. The van der Waals surface area contributed by atoms with Crippen LogP contribution in [0, 0.1) is 6.92 Å². The van der Waals surface area contributed by atoms with E-state index in [-0.39, 0.29) is 24.7 Å². The number of anilines is 2. The highest BCUT2D eigenvalue weighted by Gasteiger charge is 2.25. The molecule has 0 aliphatic carbocycles. The van der Waals surface area contributed by atoms with Gasteiger partial charge in [-0.25, -0.2) is 9.48 Å². The molecule has 0 radical (unpaired) electrons. The molecule has 0 aliphatic heterocycles. The zero-order chi connectivity index (χ0) is 22.5. The molecule has 164 valence electrons. The number of ether oxygens (including phenoxy) is 1. The van der Waals surface area contributed by atoms with E-state index in [2.05, 4.69) is 20.5 Å². The molecule has 12 heteroatoms. The molecule has 3 rings (SSSR count). The summed E-state index contributed by atoms with van der Waals surface area (Å²) >= 11 is 0. The first-order valence-corrected chi connectivity index (χ1v) is 9.66. The van der Waals surface area contributed by atoms with Crippen molar-refractivity contribution in [1.82, 2.24) is 29.8 Å². The van der Waals surface area contributed by atoms with E-state index in [4.69, 9.17) is 10.5 Å². The largest absolute Gasteiger partial charge is 0.383 e. The van der Waals surface area contributed by atoms with Crippen LogP contribution in [0.3, 0.4) is 0 Å². The van der Waals surface area contributed by atoms with Crippen molar-refractivity contribution in [2.75, 3.05) is 30.9 Å². The lowest BCUT2D eigenvalue weighted by atomic mass is 10.1. The van der Waals surface area contributed by atoms with Crippen molar-refractivity contribution in [1.29, 1.82) is 0 Å². The van der Waals surface area contributed by atoms with E-state index in [0.29, 0.717) is 24.2 Å². The van der Waals surface area contributed by atoms with Gasteiger partial charge in [0, 0.05) is 25.8 Å². The number of aromatic amines is 1. The summed E-state index contributed by atoms with van der Waals surface area (Å²) in [5, 5.41) is 11.1. The van der Waals surface area contributed by atoms with Gasteiger partial charge in [-0.2, -0.15) is 0 Å². The van der Waals surface area contributed by atoms with Gasteiger partial charge in [-0.1, -0.05) is 6.92 Å². The second-order valence-corrected chi connectivity index (χ2v) is 6.85. The minimum absolute atomic E-state index is 0.0675. The van der Waals surface area contributed by atoms with Gasteiger partial charge >= 0.3 is 5.69 Å². The normalized spacial score (nSPS) is 10.9. The monoisotopic (exact) mass is 428 g/mol. The van der Waals surface area contributed by atoms with Crippen molar-refractivity contribution >= 4 is 17.4 Å². The molecular weight excluding hydrogens is 404 g/mol. The number of nitrogens with one attached hydrogen (secondary N) is 1. The quantitative estimate of drug-likeness (QED) is 0.512. The number of aryl methyl sites for hydroxylation is 1. The fourth-order valence-corrected chi connectivity index (χ4v) is 3.25. The van der Waals surface area contributed by atoms with E-state index in [9.17, 15) is 14.4 Å². The van der Waals surface area contributed by atoms with Crippen LogP contribution in [0.2, 0.25) is 0 Å². The van der Waals surface area contributed by atoms with Crippen LogP contribution in [0.1, 0.15) is 29.3 Å². The van der Waals surface area contributed by atoms with E-state index in [0.717, 1.165) is 5.56 Å². The first-order valence-electron chi connectivity index (χ1n) is 9.66. The topological polar surface area (TPSA) is 154 Å². The predicted octanol–water partition coefficient (Wildman–Crippen LogP) is 0.106. The molecule has 0 atom stereocenters. The number of methoxy groups -OCH3 is 1. The Labute approximate surface area is 177 Å². The van der Waals surface area contributed by atoms with Crippen LogP contribution in [0.25, 0.3) is 5.69 Å². The number of tetrazole rings is 1. The lowest BCUT2D eigenvalue weighted by molar-refractivity contribution is 0.0975. The van der Waals surface area contributed by atoms with E-state index in [1.165, 1.54) is 27.6 Å².